The van der Waals surface area contributed by atoms with Crippen LogP contribution >= 0.6 is 27.3 Å². The summed E-state index contributed by atoms with van der Waals surface area (Å²) in [6.07, 6.45) is 0.456. The molecular weight excluding hydrogens is 415 g/mol. The number of nitrogens with zero attached hydrogens (tertiary/aromatic N) is 2. The lowest BCUT2D eigenvalue weighted by molar-refractivity contribution is -0.0191. The molecule has 2 aliphatic rings. The first kappa shape index (κ1) is 16.0. The average molecular weight is 429 g/mol. The Balaban J connectivity index is 1.61. The zero-order valence-electron chi connectivity index (χ0n) is 13.6. The van der Waals surface area contributed by atoms with Gasteiger partial charge in [-0.15, -0.1) is 11.3 Å². The highest BCUT2D eigenvalue weighted by molar-refractivity contribution is 9.10. The third-order valence-corrected chi connectivity index (χ3v) is 6.12. The van der Waals surface area contributed by atoms with E-state index in [0.717, 1.165) is 33.5 Å². The van der Waals surface area contributed by atoms with Gasteiger partial charge in [0.05, 0.1) is 16.6 Å². The van der Waals surface area contributed by atoms with Gasteiger partial charge in [0, 0.05) is 22.0 Å². The number of hydrogen-bond donors (Lipinski definition) is 0. The van der Waals surface area contributed by atoms with Gasteiger partial charge in [-0.25, -0.2) is 9.40 Å². The Labute approximate surface area is 162 Å². The molecule has 3 heterocycles. The Hall–Kier alpha value is -2.18. The van der Waals surface area contributed by atoms with Crippen LogP contribution in [0.25, 0.3) is 0 Å². The van der Waals surface area contributed by atoms with Crippen molar-refractivity contribution in [2.24, 2.45) is 5.10 Å². The lowest BCUT2D eigenvalue weighted by Crippen LogP contribution is -2.33. The van der Waals surface area contributed by atoms with Crippen LogP contribution in [0.1, 0.15) is 34.7 Å². The second-order valence-corrected chi connectivity index (χ2v) is 8.19. The molecule has 3 nitrogen and oxygen atoms in total. The Morgan fingerprint density at radius 3 is 2.77 bits per heavy atom. The second-order valence-electron chi connectivity index (χ2n) is 6.33. The van der Waals surface area contributed by atoms with E-state index in [-0.39, 0.29) is 18.1 Å². The van der Waals surface area contributed by atoms with Crippen molar-refractivity contribution in [3.8, 4) is 5.75 Å². The molecule has 0 saturated carbocycles. The van der Waals surface area contributed by atoms with E-state index in [0.29, 0.717) is 0 Å². The second kappa shape index (κ2) is 6.21. The van der Waals surface area contributed by atoms with Crippen LogP contribution in [0, 0.1) is 5.82 Å². The van der Waals surface area contributed by atoms with E-state index in [1.54, 1.807) is 23.5 Å². The molecule has 1 aromatic heterocycles. The average Bonchev–Trinajstić information content (AvgIpc) is 3.32. The Kier molecular flexibility index (Phi) is 3.83. The fourth-order valence-electron chi connectivity index (χ4n) is 3.50. The lowest BCUT2D eigenvalue weighted by Gasteiger charge is -2.38. The number of halogens is 2. The maximum Gasteiger partial charge on any atom is 0.213 e. The molecule has 26 heavy (non-hydrogen) atoms. The predicted molar refractivity (Wildman–Crippen MR) is 104 cm³/mol. The van der Waals surface area contributed by atoms with Crippen molar-refractivity contribution in [1.29, 1.82) is 0 Å². The molecule has 0 N–H and O–H groups in total. The van der Waals surface area contributed by atoms with Gasteiger partial charge in [0.2, 0.25) is 6.23 Å². The summed E-state index contributed by atoms with van der Waals surface area (Å²) < 4.78 is 20.7. The van der Waals surface area contributed by atoms with Gasteiger partial charge < -0.3 is 4.74 Å². The zero-order chi connectivity index (χ0) is 17.7. The molecule has 0 bridgehead atoms. The molecule has 0 amide bonds. The van der Waals surface area contributed by atoms with E-state index >= 15 is 0 Å². The molecule has 0 spiro atoms. The maximum absolute atomic E-state index is 13.4. The summed E-state index contributed by atoms with van der Waals surface area (Å²) >= 11 is 5.25. The zero-order valence-corrected chi connectivity index (χ0v) is 16.0. The first-order valence-electron chi connectivity index (χ1n) is 8.30. The summed E-state index contributed by atoms with van der Waals surface area (Å²) in [5, 5.41) is 8.96. The van der Waals surface area contributed by atoms with Crippen LogP contribution in [0.15, 0.2) is 69.6 Å². The molecule has 5 rings (SSSR count). The normalized spacial score (nSPS) is 21.0. The minimum absolute atomic E-state index is 0.100. The number of benzene rings is 2. The third kappa shape index (κ3) is 2.64. The number of hydrogen-bond acceptors (Lipinski definition) is 4. The van der Waals surface area contributed by atoms with Crippen LogP contribution in [0.2, 0.25) is 0 Å². The van der Waals surface area contributed by atoms with Crippen molar-refractivity contribution in [3.63, 3.8) is 0 Å². The van der Waals surface area contributed by atoms with Crippen molar-refractivity contribution in [2.75, 3.05) is 0 Å². The van der Waals surface area contributed by atoms with Gasteiger partial charge in [0.15, 0.2) is 0 Å². The summed E-state index contributed by atoms with van der Waals surface area (Å²) in [5.74, 6) is 0.598. The van der Waals surface area contributed by atoms with Gasteiger partial charge >= 0.3 is 0 Å². The molecule has 3 aromatic rings. The molecular formula is C20H14BrFN2OS. The van der Waals surface area contributed by atoms with Gasteiger partial charge in [-0.05, 0) is 41.8 Å². The molecule has 0 aliphatic carbocycles. The lowest BCUT2D eigenvalue weighted by atomic mass is 9.98. The van der Waals surface area contributed by atoms with Crippen molar-refractivity contribution in [2.45, 2.75) is 18.7 Å². The SMILES string of the molecule is Fc1ccc([C@@H]2Oc3ccc(Br)cc3[C@@H]3CC(c4cccs4)=NN32)cc1. The number of hydrazone groups is 1. The monoisotopic (exact) mass is 428 g/mol. The summed E-state index contributed by atoms with van der Waals surface area (Å²) in [5.41, 5.74) is 3.07. The van der Waals surface area contributed by atoms with Crippen molar-refractivity contribution < 1.29 is 9.13 Å². The fraction of sp³-hybridized carbons (Fsp3) is 0.150. The van der Waals surface area contributed by atoms with Gasteiger partial charge in [0.1, 0.15) is 11.6 Å². The van der Waals surface area contributed by atoms with Crippen molar-refractivity contribution in [3.05, 3.63) is 86.3 Å². The fourth-order valence-corrected chi connectivity index (χ4v) is 4.60. The van der Waals surface area contributed by atoms with Crippen molar-refractivity contribution in [1.82, 2.24) is 5.01 Å². The molecule has 130 valence electrons. The van der Waals surface area contributed by atoms with Crippen molar-refractivity contribution >= 4 is 33.0 Å². The van der Waals surface area contributed by atoms with E-state index < -0.39 is 0 Å². The molecule has 6 heteroatoms. The summed E-state index contributed by atoms with van der Waals surface area (Å²) in [7, 11) is 0. The van der Waals surface area contributed by atoms with Crippen LogP contribution in [0.4, 0.5) is 4.39 Å². The van der Waals surface area contributed by atoms with E-state index in [1.165, 1.54) is 17.0 Å². The van der Waals surface area contributed by atoms with Gasteiger partial charge in [0.25, 0.3) is 0 Å². The molecule has 0 radical (unpaired) electrons. The summed E-state index contributed by atoms with van der Waals surface area (Å²) in [4.78, 5) is 1.17. The van der Waals surface area contributed by atoms with Gasteiger partial charge in [-0.3, -0.25) is 0 Å². The smallest absolute Gasteiger partial charge is 0.213 e. The molecule has 2 aromatic carbocycles. The highest BCUT2D eigenvalue weighted by atomic mass is 79.9. The highest BCUT2D eigenvalue weighted by Crippen LogP contribution is 2.48. The highest BCUT2D eigenvalue weighted by Gasteiger charge is 2.41. The van der Waals surface area contributed by atoms with E-state index in [1.807, 2.05) is 23.2 Å². The first-order valence-corrected chi connectivity index (χ1v) is 9.97. The minimum atomic E-state index is -0.369. The Bertz CT molecular complexity index is 988. The molecule has 0 fully saturated rings. The maximum atomic E-state index is 13.4. The molecule has 0 saturated heterocycles. The quantitative estimate of drug-likeness (QED) is 0.507. The third-order valence-electron chi connectivity index (χ3n) is 4.71. The van der Waals surface area contributed by atoms with E-state index in [9.17, 15) is 4.39 Å². The Morgan fingerprint density at radius 1 is 1.15 bits per heavy atom. The van der Waals surface area contributed by atoms with E-state index in [4.69, 9.17) is 9.84 Å². The van der Waals surface area contributed by atoms with Crippen LogP contribution in [-0.4, -0.2) is 10.7 Å². The Morgan fingerprint density at radius 2 is 2.00 bits per heavy atom. The van der Waals surface area contributed by atoms with Crippen LogP contribution < -0.4 is 4.74 Å². The molecule has 2 aliphatic heterocycles. The first-order chi connectivity index (χ1) is 12.7. The molecule has 0 unspecified atom stereocenters. The van der Waals surface area contributed by atoms with E-state index in [2.05, 4.69) is 33.4 Å². The van der Waals surface area contributed by atoms with Crippen LogP contribution in [-0.2, 0) is 0 Å². The number of fused-ring (bicyclic) bond motifs is 3. The summed E-state index contributed by atoms with van der Waals surface area (Å²) in [6.45, 7) is 0. The molecule has 2 atom stereocenters. The topological polar surface area (TPSA) is 24.8 Å². The standard InChI is InChI=1S/C20H14BrFN2OS/c21-13-5-8-18-15(10-13)17-11-16(19-2-1-9-26-19)23-24(17)20(25-18)12-3-6-14(22)7-4-12/h1-10,17,20H,11H2/t17-,20-/m0/s1. The van der Waals surface area contributed by atoms with Gasteiger partial charge in [-0.2, -0.15) is 5.10 Å². The number of ether oxygens (including phenoxy) is 1. The van der Waals surface area contributed by atoms with Crippen LogP contribution in [0.5, 0.6) is 5.75 Å². The predicted octanol–water partition coefficient (Wildman–Crippen LogP) is 5.89. The number of rotatable bonds is 2. The summed E-state index contributed by atoms with van der Waals surface area (Å²) in [6, 6.07) is 16.7. The van der Waals surface area contributed by atoms with Crippen LogP contribution in [0.3, 0.4) is 0 Å². The number of thiophene rings is 1. The largest absolute Gasteiger partial charge is 0.464 e. The minimum Gasteiger partial charge on any atom is -0.464 e. The van der Waals surface area contributed by atoms with Gasteiger partial charge in [-0.1, -0.05) is 34.1 Å².